The standard InChI is InChI=1S/C20H19N3O/c21-20(24)19-13-17(11-12-22-19)23-14-18(15-7-3-1-4-8-15)16-9-5-2-6-10-16/h1-13,18H,14H2,(H2,21,24)(H,22,23). The van der Waals surface area contributed by atoms with Crippen LogP contribution in [0.25, 0.3) is 0 Å². The third-order valence-corrected chi connectivity index (χ3v) is 3.93. The predicted octanol–water partition coefficient (Wildman–Crippen LogP) is 3.42. The molecule has 0 aliphatic rings. The van der Waals surface area contributed by atoms with E-state index in [2.05, 4.69) is 34.6 Å². The minimum Gasteiger partial charge on any atom is -0.384 e. The topological polar surface area (TPSA) is 68.0 Å². The van der Waals surface area contributed by atoms with E-state index in [1.165, 1.54) is 11.1 Å². The Morgan fingerprint density at radius 1 is 0.958 bits per heavy atom. The Kier molecular flexibility index (Phi) is 4.87. The van der Waals surface area contributed by atoms with E-state index in [1.807, 2.05) is 42.5 Å². The molecule has 0 radical (unpaired) electrons. The molecule has 1 amide bonds. The summed E-state index contributed by atoms with van der Waals surface area (Å²) in [6, 6.07) is 24.2. The molecular weight excluding hydrogens is 298 g/mol. The maximum atomic E-state index is 11.3. The molecule has 24 heavy (non-hydrogen) atoms. The van der Waals surface area contributed by atoms with E-state index in [0.29, 0.717) is 6.54 Å². The number of rotatable bonds is 6. The van der Waals surface area contributed by atoms with Crippen LogP contribution in [0.15, 0.2) is 79.0 Å². The fourth-order valence-corrected chi connectivity index (χ4v) is 2.69. The van der Waals surface area contributed by atoms with Gasteiger partial charge >= 0.3 is 0 Å². The Hall–Kier alpha value is -3.14. The smallest absolute Gasteiger partial charge is 0.267 e. The van der Waals surface area contributed by atoms with E-state index < -0.39 is 5.91 Å². The number of aromatic nitrogens is 1. The molecule has 120 valence electrons. The average Bonchev–Trinajstić information content (AvgIpc) is 2.64. The van der Waals surface area contributed by atoms with E-state index >= 15 is 0 Å². The maximum absolute atomic E-state index is 11.3. The van der Waals surface area contributed by atoms with Gasteiger partial charge in [0.25, 0.3) is 5.91 Å². The lowest BCUT2D eigenvalue weighted by molar-refractivity contribution is 0.0995. The number of amides is 1. The van der Waals surface area contributed by atoms with Crippen molar-refractivity contribution in [3.05, 3.63) is 95.8 Å². The molecule has 0 aliphatic heterocycles. The molecule has 3 rings (SSSR count). The number of hydrogen-bond acceptors (Lipinski definition) is 3. The van der Waals surface area contributed by atoms with Crippen LogP contribution < -0.4 is 11.1 Å². The van der Waals surface area contributed by atoms with E-state index in [0.717, 1.165) is 5.69 Å². The number of hydrogen-bond donors (Lipinski definition) is 2. The van der Waals surface area contributed by atoms with Crippen LogP contribution in [0.3, 0.4) is 0 Å². The molecule has 1 heterocycles. The van der Waals surface area contributed by atoms with Gasteiger partial charge in [-0.05, 0) is 23.3 Å². The molecule has 2 aromatic carbocycles. The monoisotopic (exact) mass is 317 g/mol. The zero-order chi connectivity index (χ0) is 16.8. The summed E-state index contributed by atoms with van der Waals surface area (Å²) in [4.78, 5) is 15.2. The van der Waals surface area contributed by atoms with Gasteiger partial charge in [-0.25, -0.2) is 0 Å². The predicted molar refractivity (Wildman–Crippen MR) is 96.0 cm³/mol. The molecule has 0 unspecified atom stereocenters. The van der Waals surface area contributed by atoms with E-state index in [9.17, 15) is 4.79 Å². The first kappa shape index (κ1) is 15.7. The first-order chi connectivity index (χ1) is 11.7. The molecule has 0 saturated heterocycles. The number of anilines is 1. The third-order valence-electron chi connectivity index (χ3n) is 3.93. The molecule has 4 nitrogen and oxygen atoms in total. The Balaban J connectivity index is 1.83. The summed E-state index contributed by atoms with van der Waals surface area (Å²) in [7, 11) is 0. The van der Waals surface area contributed by atoms with Crippen molar-refractivity contribution in [2.45, 2.75) is 5.92 Å². The Morgan fingerprint density at radius 2 is 1.54 bits per heavy atom. The highest BCUT2D eigenvalue weighted by Crippen LogP contribution is 2.25. The second-order valence-corrected chi connectivity index (χ2v) is 5.55. The normalized spacial score (nSPS) is 10.5. The summed E-state index contributed by atoms with van der Waals surface area (Å²) in [6.45, 7) is 0.705. The first-order valence-electron chi connectivity index (χ1n) is 7.83. The highest BCUT2D eigenvalue weighted by molar-refractivity contribution is 5.91. The van der Waals surface area contributed by atoms with Gasteiger partial charge in [-0.1, -0.05) is 60.7 Å². The zero-order valence-corrected chi connectivity index (χ0v) is 13.2. The minimum absolute atomic E-state index is 0.206. The number of pyridine rings is 1. The Morgan fingerprint density at radius 3 is 2.08 bits per heavy atom. The fraction of sp³-hybridized carbons (Fsp3) is 0.100. The van der Waals surface area contributed by atoms with Gasteiger partial charge in [0.15, 0.2) is 0 Å². The fourth-order valence-electron chi connectivity index (χ4n) is 2.69. The summed E-state index contributed by atoms with van der Waals surface area (Å²) < 4.78 is 0. The van der Waals surface area contributed by atoms with Gasteiger partial charge in [0.05, 0.1) is 0 Å². The number of benzene rings is 2. The maximum Gasteiger partial charge on any atom is 0.267 e. The van der Waals surface area contributed by atoms with Gasteiger partial charge in [0.1, 0.15) is 5.69 Å². The summed E-state index contributed by atoms with van der Waals surface area (Å²) in [6.07, 6.45) is 1.59. The molecule has 1 aromatic heterocycles. The Labute approximate surface area is 141 Å². The van der Waals surface area contributed by atoms with Crippen molar-refractivity contribution in [3.63, 3.8) is 0 Å². The largest absolute Gasteiger partial charge is 0.384 e. The molecule has 4 heteroatoms. The quantitative estimate of drug-likeness (QED) is 0.732. The van der Waals surface area contributed by atoms with Crippen molar-refractivity contribution in [3.8, 4) is 0 Å². The van der Waals surface area contributed by atoms with Gasteiger partial charge in [-0.3, -0.25) is 9.78 Å². The highest BCUT2D eigenvalue weighted by atomic mass is 16.1. The van der Waals surface area contributed by atoms with Crippen molar-refractivity contribution in [1.82, 2.24) is 4.98 Å². The number of nitrogens with zero attached hydrogens (tertiary/aromatic N) is 1. The average molecular weight is 317 g/mol. The van der Waals surface area contributed by atoms with Gasteiger partial charge in [0.2, 0.25) is 0 Å². The molecule has 3 aromatic rings. The zero-order valence-electron chi connectivity index (χ0n) is 13.2. The van der Waals surface area contributed by atoms with Crippen molar-refractivity contribution in [1.29, 1.82) is 0 Å². The number of nitrogens with one attached hydrogen (secondary N) is 1. The molecule has 0 aliphatic carbocycles. The van der Waals surface area contributed by atoms with Gasteiger partial charge < -0.3 is 11.1 Å². The number of carbonyl (C=O) groups is 1. The molecular formula is C20H19N3O. The summed E-state index contributed by atoms with van der Waals surface area (Å²) in [5.41, 5.74) is 8.85. The van der Waals surface area contributed by atoms with Crippen LogP contribution in [0.4, 0.5) is 5.69 Å². The lowest BCUT2D eigenvalue weighted by Gasteiger charge is -2.19. The lowest BCUT2D eigenvalue weighted by atomic mass is 9.91. The second kappa shape index (κ2) is 7.42. The molecule has 0 atom stereocenters. The molecule has 0 bridgehead atoms. The number of primary amides is 1. The summed E-state index contributed by atoms with van der Waals surface area (Å²) in [5, 5.41) is 3.39. The van der Waals surface area contributed by atoms with Gasteiger partial charge in [-0.15, -0.1) is 0 Å². The van der Waals surface area contributed by atoms with Crippen molar-refractivity contribution >= 4 is 11.6 Å². The van der Waals surface area contributed by atoms with Crippen LogP contribution >= 0.6 is 0 Å². The molecule has 0 spiro atoms. The van der Waals surface area contributed by atoms with Crippen LogP contribution in [-0.2, 0) is 0 Å². The SMILES string of the molecule is NC(=O)c1cc(NCC(c2ccccc2)c2ccccc2)ccn1. The van der Waals surface area contributed by atoms with Crippen LogP contribution in [-0.4, -0.2) is 17.4 Å². The first-order valence-corrected chi connectivity index (χ1v) is 7.83. The van der Waals surface area contributed by atoms with E-state index in [-0.39, 0.29) is 11.6 Å². The van der Waals surface area contributed by atoms with Crippen LogP contribution in [0.5, 0.6) is 0 Å². The van der Waals surface area contributed by atoms with Gasteiger partial charge in [0, 0.05) is 24.3 Å². The van der Waals surface area contributed by atoms with Crippen molar-refractivity contribution < 1.29 is 4.79 Å². The van der Waals surface area contributed by atoms with Crippen molar-refractivity contribution in [2.75, 3.05) is 11.9 Å². The van der Waals surface area contributed by atoms with E-state index in [1.54, 1.807) is 12.3 Å². The molecule has 0 saturated carbocycles. The lowest BCUT2D eigenvalue weighted by Crippen LogP contribution is -2.16. The second-order valence-electron chi connectivity index (χ2n) is 5.55. The third kappa shape index (κ3) is 3.79. The molecule has 0 fully saturated rings. The van der Waals surface area contributed by atoms with Crippen LogP contribution in [0.1, 0.15) is 27.5 Å². The van der Waals surface area contributed by atoms with E-state index in [4.69, 9.17) is 5.73 Å². The van der Waals surface area contributed by atoms with Crippen LogP contribution in [0.2, 0.25) is 0 Å². The highest BCUT2D eigenvalue weighted by Gasteiger charge is 2.14. The number of carbonyl (C=O) groups excluding carboxylic acids is 1. The van der Waals surface area contributed by atoms with Crippen molar-refractivity contribution in [2.24, 2.45) is 5.73 Å². The van der Waals surface area contributed by atoms with Crippen LogP contribution in [0, 0.1) is 0 Å². The van der Waals surface area contributed by atoms with Gasteiger partial charge in [-0.2, -0.15) is 0 Å². The minimum atomic E-state index is -0.527. The summed E-state index contributed by atoms with van der Waals surface area (Å²) >= 11 is 0. The molecule has 3 N–H and O–H groups in total. The Bertz CT molecular complexity index is 764. The summed E-state index contributed by atoms with van der Waals surface area (Å²) in [5.74, 6) is -0.320. The number of nitrogens with two attached hydrogens (primary N) is 1.